The van der Waals surface area contributed by atoms with Gasteiger partial charge in [0.2, 0.25) is 0 Å². The minimum absolute atomic E-state index is 0.0675. The molecule has 23 heavy (non-hydrogen) atoms. The van der Waals surface area contributed by atoms with Gasteiger partial charge in [-0.3, -0.25) is 9.59 Å². The first-order valence-electron chi connectivity index (χ1n) is 6.52. The van der Waals surface area contributed by atoms with Gasteiger partial charge in [-0.1, -0.05) is 0 Å². The highest BCUT2D eigenvalue weighted by Gasteiger charge is 2.30. The Bertz CT molecular complexity index is 530. The van der Waals surface area contributed by atoms with Crippen LogP contribution in [0.2, 0.25) is 0 Å². The maximum atomic E-state index is 12.4. The number of carboxylic acid groups (broad SMARTS) is 1. The van der Waals surface area contributed by atoms with Crippen LogP contribution in [0.3, 0.4) is 0 Å². The standard InChI is InChI=1S/C14H16F3NO5/c1-22-7-6-18(8-13(20)21)12(19)9-23-11-4-2-10(3-5-11)14(15,16)17/h2-5H,6-9H2,1H3,(H,20,21). The number of benzene rings is 1. The van der Waals surface area contributed by atoms with Crippen molar-refractivity contribution < 1.29 is 37.3 Å². The van der Waals surface area contributed by atoms with E-state index in [1.54, 1.807) is 0 Å². The highest BCUT2D eigenvalue weighted by Crippen LogP contribution is 2.30. The molecule has 0 saturated carbocycles. The summed E-state index contributed by atoms with van der Waals surface area (Å²) in [6.45, 7) is -0.780. The van der Waals surface area contributed by atoms with Crippen LogP contribution in [0.15, 0.2) is 24.3 Å². The Morgan fingerprint density at radius 3 is 2.30 bits per heavy atom. The average Bonchev–Trinajstić information content (AvgIpc) is 2.48. The summed E-state index contributed by atoms with van der Waals surface area (Å²) in [7, 11) is 1.40. The molecule has 1 N–H and O–H groups in total. The van der Waals surface area contributed by atoms with E-state index in [0.29, 0.717) is 0 Å². The molecule has 0 radical (unpaired) electrons. The van der Waals surface area contributed by atoms with E-state index < -0.39 is 36.8 Å². The van der Waals surface area contributed by atoms with Crippen LogP contribution in [0.1, 0.15) is 5.56 Å². The Morgan fingerprint density at radius 1 is 1.22 bits per heavy atom. The monoisotopic (exact) mass is 335 g/mol. The zero-order valence-electron chi connectivity index (χ0n) is 12.3. The molecule has 0 aliphatic rings. The van der Waals surface area contributed by atoms with Gasteiger partial charge in [-0.15, -0.1) is 0 Å². The summed E-state index contributed by atoms with van der Waals surface area (Å²) in [5.74, 6) is -1.72. The van der Waals surface area contributed by atoms with E-state index in [9.17, 15) is 22.8 Å². The lowest BCUT2D eigenvalue weighted by atomic mass is 10.2. The Kier molecular flexibility index (Phi) is 6.83. The van der Waals surface area contributed by atoms with Crippen LogP contribution in [0.5, 0.6) is 5.75 Å². The van der Waals surface area contributed by atoms with E-state index in [-0.39, 0.29) is 18.9 Å². The number of aliphatic carboxylic acids is 1. The number of hydrogen-bond acceptors (Lipinski definition) is 4. The smallest absolute Gasteiger partial charge is 0.416 e. The molecule has 0 fully saturated rings. The van der Waals surface area contributed by atoms with E-state index in [2.05, 4.69) is 0 Å². The normalized spacial score (nSPS) is 11.1. The molecule has 1 rings (SSSR count). The van der Waals surface area contributed by atoms with Gasteiger partial charge < -0.3 is 19.5 Å². The number of carbonyl (C=O) groups excluding carboxylic acids is 1. The van der Waals surface area contributed by atoms with Crippen molar-refractivity contribution in [2.45, 2.75) is 6.18 Å². The summed E-state index contributed by atoms with van der Waals surface area (Å²) in [6.07, 6.45) is -4.45. The minimum atomic E-state index is -4.45. The summed E-state index contributed by atoms with van der Waals surface area (Å²) in [6, 6.07) is 3.85. The van der Waals surface area contributed by atoms with Crippen molar-refractivity contribution in [3.63, 3.8) is 0 Å². The average molecular weight is 335 g/mol. The van der Waals surface area contributed by atoms with E-state index >= 15 is 0 Å². The number of halogens is 3. The van der Waals surface area contributed by atoms with Gasteiger partial charge in [0.15, 0.2) is 6.61 Å². The first-order valence-corrected chi connectivity index (χ1v) is 6.52. The lowest BCUT2D eigenvalue weighted by molar-refractivity contribution is -0.145. The van der Waals surface area contributed by atoms with Gasteiger partial charge in [-0.2, -0.15) is 13.2 Å². The maximum Gasteiger partial charge on any atom is 0.416 e. The molecule has 1 aromatic carbocycles. The molecule has 6 nitrogen and oxygen atoms in total. The second-order valence-electron chi connectivity index (χ2n) is 4.51. The van der Waals surface area contributed by atoms with Gasteiger partial charge in [0.1, 0.15) is 12.3 Å². The number of nitrogens with zero attached hydrogens (tertiary/aromatic N) is 1. The quantitative estimate of drug-likeness (QED) is 0.782. The Hall–Kier alpha value is -2.29. The number of ether oxygens (including phenoxy) is 2. The van der Waals surface area contributed by atoms with Crippen molar-refractivity contribution in [2.24, 2.45) is 0 Å². The molecule has 0 aromatic heterocycles. The molecular formula is C14H16F3NO5. The fraction of sp³-hybridized carbons (Fsp3) is 0.429. The second kappa shape index (κ2) is 8.37. The number of carbonyl (C=O) groups is 2. The number of amides is 1. The van der Waals surface area contributed by atoms with Crippen molar-refractivity contribution >= 4 is 11.9 Å². The van der Waals surface area contributed by atoms with Crippen LogP contribution in [0, 0.1) is 0 Å². The van der Waals surface area contributed by atoms with Crippen LogP contribution in [-0.2, 0) is 20.5 Å². The lowest BCUT2D eigenvalue weighted by Gasteiger charge is -2.20. The predicted molar refractivity (Wildman–Crippen MR) is 73.0 cm³/mol. The highest BCUT2D eigenvalue weighted by molar-refractivity contribution is 5.82. The molecule has 1 amide bonds. The summed E-state index contributed by atoms with van der Waals surface area (Å²) in [4.78, 5) is 23.6. The molecule has 0 aliphatic carbocycles. The summed E-state index contributed by atoms with van der Waals surface area (Å²) in [5, 5.41) is 8.74. The SMILES string of the molecule is COCCN(CC(=O)O)C(=O)COc1ccc(C(F)(F)F)cc1. The highest BCUT2D eigenvalue weighted by atomic mass is 19.4. The molecule has 0 unspecified atom stereocenters. The third-order valence-corrected chi connectivity index (χ3v) is 2.79. The van der Waals surface area contributed by atoms with Crippen LogP contribution in [0.25, 0.3) is 0 Å². The molecule has 0 heterocycles. The number of hydrogen-bond donors (Lipinski definition) is 1. The lowest BCUT2D eigenvalue weighted by Crippen LogP contribution is -2.40. The fourth-order valence-corrected chi connectivity index (χ4v) is 1.63. The van der Waals surface area contributed by atoms with Crippen molar-refractivity contribution in [1.29, 1.82) is 0 Å². The van der Waals surface area contributed by atoms with Crippen molar-refractivity contribution in [1.82, 2.24) is 4.90 Å². The Morgan fingerprint density at radius 2 is 1.83 bits per heavy atom. The largest absolute Gasteiger partial charge is 0.484 e. The van der Waals surface area contributed by atoms with Crippen LogP contribution in [0.4, 0.5) is 13.2 Å². The topological polar surface area (TPSA) is 76.1 Å². The number of rotatable bonds is 8. The third kappa shape index (κ3) is 6.55. The van der Waals surface area contributed by atoms with Gasteiger partial charge in [0, 0.05) is 13.7 Å². The number of alkyl halides is 3. The minimum Gasteiger partial charge on any atom is -0.484 e. The molecular weight excluding hydrogens is 319 g/mol. The number of carboxylic acids is 1. The molecule has 0 atom stereocenters. The van der Waals surface area contributed by atoms with Crippen molar-refractivity contribution in [3.05, 3.63) is 29.8 Å². The van der Waals surface area contributed by atoms with Crippen molar-refractivity contribution in [3.8, 4) is 5.75 Å². The summed E-state index contributed by atoms with van der Waals surface area (Å²) < 4.78 is 47.1. The van der Waals surface area contributed by atoms with E-state index in [0.717, 1.165) is 29.2 Å². The Balaban J connectivity index is 2.60. The third-order valence-electron chi connectivity index (χ3n) is 2.79. The van der Waals surface area contributed by atoms with Gasteiger partial charge >= 0.3 is 12.1 Å². The van der Waals surface area contributed by atoms with E-state index in [1.165, 1.54) is 7.11 Å². The summed E-state index contributed by atoms with van der Waals surface area (Å²) >= 11 is 0. The zero-order chi connectivity index (χ0) is 17.5. The Labute approximate surface area is 130 Å². The zero-order valence-corrected chi connectivity index (χ0v) is 12.3. The molecule has 0 aliphatic heterocycles. The molecule has 128 valence electrons. The predicted octanol–water partition coefficient (Wildman–Crippen LogP) is 1.64. The first-order chi connectivity index (χ1) is 10.7. The van der Waals surface area contributed by atoms with E-state index in [1.807, 2.05) is 0 Å². The van der Waals surface area contributed by atoms with Gasteiger partial charge in [-0.05, 0) is 24.3 Å². The fourth-order valence-electron chi connectivity index (χ4n) is 1.63. The van der Waals surface area contributed by atoms with Crippen LogP contribution in [-0.4, -0.2) is 55.3 Å². The number of methoxy groups -OCH3 is 1. The van der Waals surface area contributed by atoms with E-state index in [4.69, 9.17) is 14.6 Å². The second-order valence-corrected chi connectivity index (χ2v) is 4.51. The van der Waals surface area contributed by atoms with Crippen LogP contribution < -0.4 is 4.74 Å². The van der Waals surface area contributed by atoms with Crippen LogP contribution >= 0.6 is 0 Å². The van der Waals surface area contributed by atoms with Gasteiger partial charge in [0.25, 0.3) is 5.91 Å². The molecule has 1 aromatic rings. The van der Waals surface area contributed by atoms with Gasteiger partial charge in [-0.25, -0.2) is 0 Å². The molecule has 9 heteroatoms. The summed E-state index contributed by atoms with van der Waals surface area (Å²) in [5.41, 5.74) is -0.830. The maximum absolute atomic E-state index is 12.4. The first kappa shape index (κ1) is 18.8. The molecule has 0 spiro atoms. The van der Waals surface area contributed by atoms with Gasteiger partial charge in [0.05, 0.1) is 12.2 Å². The molecule has 0 saturated heterocycles. The van der Waals surface area contributed by atoms with Crippen molar-refractivity contribution in [2.75, 3.05) is 33.4 Å². The molecule has 0 bridgehead atoms.